The van der Waals surface area contributed by atoms with Gasteiger partial charge in [0.1, 0.15) is 0 Å². The summed E-state index contributed by atoms with van der Waals surface area (Å²) in [4.78, 5) is 52.6. The topological polar surface area (TPSA) is 179 Å². The van der Waals surface area contributed by atoms with Crippen molar-refractivity contribution < 1.29 is 9.59 Å². The van der Waals surface area contributed by atoms with Gasteiger partial charge in [0.2, 0.25) is 11.9 Å². The number of nitrogens with zero attached hydrogens (tertiary/aromatic N) is 4. The standard InChI is InChI=1S/C32H39N9O3/c33-17-20-4-6-22(7-5-20)30(43)41(25-8-9-26-28(16-25)38-39-29(26)42)31(44)27(34)15-21-2-1-3-23(14-21)24-18-36-32(37-19-24)40-12-10-35-11-13-40/h1-3,8-9,14,16,18-20,22,27,35H,4-7,10-13,15,17,33-34H2,(H2,38,39,42)/t20?,22?,27-/m0/s1. The molecule has 1 aliphatic carbocycles. The highest BCUT2D eigenvalue weighted by atomic mass is 16.2. The van der Waals surface area contributed by atoms with Crippen LogP contribution >= 0.6 is 0 Å². The Morgan fingerprint density at radius 1 is 0.977 bits per heavy atom. The van der Waals surface area contributed by atoms with Gasteiger partial charge in [-0.3, -0.25) is 24.6 Å². The third-order valence-electron chi connectivity index (χ3n) is 8.86. The molecular weight excluding hydrogens is 558 g/mol. The molecule has 2 aliphatic rings. The maximum atomic E-state index is 14.0. The van der Waals surface area contributed by atoms with E-state index in [0.29, 0.717) is 47.8 Å². The van der Waals surface area contributed by atoms with Crippen LogP contribution in [0.5, 0.6) is 0 Å². The van der Waals surface area contributed by atoms with Crippen molar-refractivity contribution in [1.82, 2.24) is 25.5 Å². The van der Waals surface area contributed by atoms with Gasteiger partial charge in [-0.2, -0.15) is 0 Å². The molecular formula is C32H39N9O3. The monoisotopic (exact) mass is 597 g/mol. The van der Waals surface area contributed by atoms with Crippen molar-refractivity contribution in [3.8, 4) is 11.1 Å². The zero-order chi connectivity index (χ0) is 30.6. The molecule has 0 bridgehead atoms. The van der Waals surface area contributed by atoms with E-state index < -0.39 is 11.9 Å². The number of carbonyl (C=O) groups is 2. The fraction of sp³-hybridized carbons (Fsp3) is 0.406. The highest BCUT2D eigenvalue weighted by molar-refractivity contribution is 6.17. The number of H-pyrrole nitrogens is 2. The Kier molecular flexibility index (Phi) is 8.82. The fourth-order valence-electron chi connectivity index (χ4n) is 6.24. The number of anilines is 2. The summed E-state index contributed by atoms with van der Waals surface area (Å²) in [5, 5.41) is 9.15. The minimum absolute atomic E-state index is 0.235. The summed E-state index contributed by atoms with van der Waals surface area (Å²) < 4.78 is 0. The molecule has 2 fully saturated rings. The largest absolute Gasteiger partial charge is 0.338 e. The van der Waals surface area contributed by atoms with Crippen molar-refractivity contribution in [1.29, 1.82) is 0 Å². The quantitative estimate of drug-likeness (QED) is 0.203. The third kappa shape index (κ3) is 6.28. The number of carbonyl (C=O) groups excluding carboxylic acids is 2. The van der Waals surface area contributed by atoms with E-state index in [1.165, 1.54) is 4.90 Å². The average Bonchev–Trinajstić information content (AvgIpc) is 3.45. The molecule has 44 heavy (non-hydrogen) atoms. The van der Waals surface area contributed by atoms with Crippen molar-refractivity contribution in [2.24, 2.45) is 23.3 Å². The van der Waals surface area contributed by atoms with Crippen LogP contribution in [0.25, 0.3) is 22.0 Å². The molecule has 2 aromatic heterocycles. The Morgan fingerprint density at radius 3 is 2.45 bits per heavy atom. The maximum absolute atomic E-state index is 14.0. The van der Waals surface area contributed by atoms with Gasteiger partial charge in [-0.25, -0.2) is 14.9 Å². The molecule has 1 aliphatic heterocycles. The molecule has 1 saturated heterocycles. The number of fused-ring (bicyclic) bond motifs is 1. The number of benzene rings is 2. The Hall–Kier alpha value is -4.39. The Balaban J connectivity index is 1.22. The third-order valence-corrected chi connectivity index (χ3v) is 8.86. The van der Waals surface area contributed by atoms with E-state index in [-0.39, 0.29) is 23.8 Å². The molecule has 1 saturated carbocycles. The first-order valence-electron chi connectivity index (χ1n) is 15.3. The lowest BCUT2D eigenvalue weighted by Crippen LogP contribution is -2.50. The Morgan fingerprint density at radius 2 is 1.73 bits per heavy atom. The normalized spacial score (nSPS) is 19.5. The van der Waals surface area contributed by atoms with Crippen LogP contribution in [0.1, 0.15) is 31.2 Å². The summed E-state index contributed by atoms with van der Waals surface area (Å²) in [6, 6.07) is 11.7. The molecule has 6 rings (SSSR count). The fourth-order valence-corrected chi connectivity index (χ4v) is 6.24. The molecule has 2 aromatic carbocycles. The number of aromatic nitrogens is 4. The van der Waals surface area contributed by atoms with E-state index in [4.69, 9.17) is 11.5 Å². The average molecular weight is 598 g/mol. The number of hydrogen-bond donors (Lipinski definition) is 5. The van der Waals surface area contributed by atoms with Crippen LogP contribution in [0.4, 0.5) is 11.6 Å². The number of amides is 2. The smallest absolute Gasteiger partial charge is 0.271 e. The maximum Gasteiger partial charge on any atom is 0.271 e. The minimum Gasteiger partial charge on any atom is -0.338 e. The molecule has 1 atom stereocenters. The lowest BCUT2D eigenvalue weighted by atomic mass is 9.81. The van der Waals surface area contributed by atoms with Crippen molar-refractivity contribution in [2.45, 2.75) is 38.1 Å². The first-order chi connectivity index (χ1) is 21.4. The Bertz CT molecular complexity index is 1670. The van der Waals surface area contributed by atoms with E-state index in [1.807, 2.05) is 36.7 Å². The first-order valence-corrected chi connectivity index (χ1v) is 15.3. The van der Waals surface area contributed by atoms with Crippen molar-refractivity contribution in [2.75, 3.05) is 42.5 Å². The summed E-state index contributed by atoms with van der Waals surface area (Å²) in [5.74, 6) is 0.0447. The SMILES string of the molecule is NCC1CCC(C(=O)N(C(=O)[C@@H](N)Cc2cccc(-c3cnc(N4CCNCC4)nc3)c2)c2ccc3c(=O)[nH][nH]c3c2)CC1. The van der Waals surface area contributed by atoms with E-state index in [0.717, 1.165) is 55.7 Å². The van der Waals surface area contributed by atoms with Gasteiger partial charge in [0.05, 0.1) is 22.6 Å². The van der Waals surface area contributed by atoms with Crippen LogP contribution in [-0.4, -0.2) is 70.7 Å². The highest BCUT2D eigenvalue weighted by Gasteiger charge is 2.35. The van der Waals surface area contributed by atoms with Crippen LogP contribution in [0.3, 0.4) is 0 Å². The predicted molar refractivity (Wildman–Crippen MR) is 170 cm³/mol. The predicted octanol–water partition coefficient (Wildman–Crippen LogP) is 1.92. The molecule has 3 heterocycles. The van der Waals surface area contributed by atoms with Gasteiger partial charge < -0.3 is 21.7 Å². The molecule has 230 valence electrons. The zero-order valence-electron chi connectivity index (χ0n) is 24.7. The number of hydrogen-bond acceptors (Lipinski definition) is 9. The second-order valence-electron chi connectivity index (χ2n) is 11.8. The minimum atomic E-state index is -0.970. The second kappa shape index (κ2) is 13.1. The van der Waals surface area contributed by atoms with Crippen LogP contribution in [0.15, 0.2) is 59.7 Å². The van der Waals surface area contributed by atoms with Crippen molar-refractivity contribution in [3.63, 3.8) is 0 Å². The van der Waals surface area contributed by atoms with Crippen LogP contribution < -0.4 is 32.1 Å². The molecule has 2 amide bonds. The highest BCUT2D eigenvalue weighted by Crippen LogP contribution is 2.32. The molecule has 12 nitrogen and oxygen atoms in total. The van der Waals surface area contributed by atoms with Gasteiger partial charge in [-0.15, -0.1) is 0 Å². The van der Waals surface area contributed by atoms with E-state index in [2.05, 4.69) is 30.4 Å². The van der Waals surface area contributed by atoms with Gasteiger partial charge in [-0.1, -0.05) is 24.3 Å². The number of piperazine rings is 1. The van der Waals surface area contributed by atoms with E-state index in [1.54, 1.807) is 18.2 Å². The second-order valence-corrected chi connectivity index (χ2v) is 11.8. The molecule has 0 unspecified atom stereocenters. The first kappa shape index (κ1) is 29.7. The number of nitrogens with two attached hydrogens (primary N) is 2. The Labute approximate surface area is 255 Å². The number of nitrogens with one attached hydrogen (secondary N) is 3. The summed E-state index contributed by atoms with van der Waals surface area (Å²) in [6.07, 6.45) is 6.89. The number of aromatic amines is 2. The summed E-state index contributed by atoms with van der Waals surface area (Å²) in [5.41, 5.74) is 15.7. The molecule has 4 aromatic rings. The summed E-state index contributed by atoms with van der Waals surface area (Å²) in [7, 11) is 0. The van der Waals surface area contributed by atoms with E-state index in [9.17, 15) is 14.4 Å². The van der Waals surface area contributed by atoms with Crippen LogP contribution in [0, 0.1) is 11.8 Å². The molecule has 0 spiro atoms. The number of imide groups is 1. The van der Waals surface area contributed by atoms with Gasteiger partial charge in [0, 0.05) is 50.1 Å². The summed E-state index contributed by atoms with van der Waals surface area (Å²) >= 11 is 0. The molecule has 7 N–H and O–H groups in total. The van der Waals surface area contributed by atoms with Crippen LogP contribution in [0.2, 0.25) is 0 Å². The lowest BCUT2D eigenvalue weighted by molar-refractivity contribution is -0.130. The lowest BCUT2D eigenvalue weighted by Gasteiger charge is -2.32. The number of rotatable bonds is 8. The van der Waals surface area contributed by atoms with Gasteiger partial charge >= 0.3 is 0 Å². The van der Waals surface area contributed by atoms with Gasteiger partial charge in [0.15, 0.2) is 0 Å². The van der Waals surface area contributed by atoms with E-state index >= 15 is 0 Å². The zero-order valence-corrected chi connectivity index (χ0v) is 24.7. The van der Waals surface area contributed by atoms with Crippen LogP contribution in [-0.2, 0) is 16.0 Å². The van der Waals surface area contributed by atoms with Gasteiger partial charge in [-0.05, 0) is 73.9 Å². The van der Waals surface area contributed by atoms with Crippen molar-refractivity contribution >= 4 is 34.4 Å². The molecule has 12 heteroatoms. The van der Waals surface area contributed by atoms with Crippen molar-refractivity contribution in [3.05, 3.63) is 70.8 Å². The summed E-state index contributed by atoms with van der Waals surface area (Å²) in [6.45, 7) is 4.14. The van der Waals surface area contributed by atoms with Gasteiger partial charge in [0.25, 0.3) is 11.5 Å². The molecule has 0 radical (unpaired) electrons.